The van der Waals surface area contributed by atoms with E-state index in [0.29, 0.717) is 18.0 Å². The molecule has 0 aromatic heterocycles. The van der Waals surface area contributed by atoms with Crippen LogP contribution in [0.4, 0.5) is 0 Å². The van der Waals surface area contributed by atoms with E-state index in [2.05, 4.69) is 5.32 Å². The molecule has 0 radical (unpaired) electrons. The summed E-state index contributed by atoms with van der Waals surface area (Å²) in [7, 11) is 0. The Hall–Kier alpha value is -2.04. The van der Waals surface area contributed by atoms with Crippen molar-refractivity contribution in [1.29, 1.82) is 0 Å². The molecule has 0 bridgehead atoms. The Morgan fingerprint density at radius 3 is 2.39 bits per heavy atom. The molecule has 0 heterocycles. The molecule has 1 saturated carbocycles. The average Bonchev–Trinajstić information content (AvgIpc) is 2.78. The lowest BCUT2D eigenvalue weighted by Crippen LogP contribution is -2.48. The van der Waals surface area contributed by atoms with Crippen molar-refractivity contribution in [2.45, 2.75) is 57.5 Å². The minimum atomic E-state index is -0.726. The summed E-state index contributed by atoms with van der Waals surface area (Å²) in [5.74, 6) is -0.590. The van der Waals surface area contributed by atoms with Crippen molar-refractivity contribution in [2.75, 3.05) is 12.4 Å². The molecule has 0 saturated heterocycles. The van der Waals surface area contributed by atoms with Crippen LogP contribution in [0, 0.1) is 6.92 Å². The number of hydrogen-bond acceptors (Lipinski definition) is 2. The zero-order valence-electron chi connectivity index (χ0n) is 17.9. The first kappa shape index (κ1) is 23.6. The number of carbonyl (C=O) groups excluding carboxylic acids is 2. The van der Waals surface area contributed by atoms with Crippen LogP contribution in [-0.2, 0) is 16.0 Å². The van der Waals surface area contributed by atoms with Gasteiger partial charge in [-0.05, 0) is 43.4 Å². The molecule has 1 fully saturated rings. The molecule has 6 heteroatoms. The molecule has 1 N–H and O–H groups in total. The molecule has 2 amide bonds. The summed E-state index contributed by atoms with van der Waals surface area (Å²) in [5.41, 5.74) is 2.82. The van der Waals surface area contributed by atoms with Crippen molar-refractivity contribution < 1.29 is 9.59 Å². The zero-order valence-corrected chi connectivity index (χ0v) is 19.5. The van der Waals surface area contributed by atoms with E-state index in [-0.39, 0.29) is 23.7 Å². The standard InChI is InChI=1S/C25H30Cl2N2O2/c1-18-11-13-20(14-12-18)24(25(31)28-21-8-3-2-4-9-21)29(23(30)17-26)16-15-19-7-5-6-10-22(19)27/h5-7,10-14,21,24H,2-4,8-9,15-17H2,1H3,(H,28,31)/t24-/m1/s1. The Morgan fingerprint density at radius 2 is 1.74 bits per heavy atom. The molecule has 3 rings (SSSR count). The molecule has 0 unspecified atom stereocenters. The van der Waals surface area contributed by atoms with Gasteiger partial charge in [0.25, 0.3) is 0 Å². The molecule has 2 aromatic rings. The second-order valence-corrected chi connectivity index (χ2v) is 8.89. The number of aryl methyl sites for hydroxylation is 1. The minimum Gasteiger partial charge on any atom is -0.351 e. The fourth-order valence-electron chi connectivity index (χ4n) is 4.17. The van der Waals surface area contributed by atoms with E-state index in [1.54, 1.807) is 4.90 Å². The van der Waals surface area contributed by atoms with E-state index in [4.69, 9.17) is 23.2 Å². The molecule has 31 heavy (non-hydrogen) atoms. The highest BCUT2D eigenvalue weighted by molar-refractivity contribution is 6.31. The third-order valence-electron chi connectivity index (χ3n) is 5.92. The number of benzene rings is 2. The number of rotatable bonds is 8. The normalized spacial score (nSPS) is 15.3. The molecule has 166 valence electrons. The summed E-state index contributed by atoms with van der Waals surface area (Å²) < 4.78 is 0. The van der Waals surface area contributed by atoms with Gasteiger partial charge in [0, 0.05) is 17.6 Å². The van der Waals surface area contributed by atoms with Crippen molar-refractivity contribution in [1.82, 2.24) is 10.2 Å². The van der Waals surface area contributed by atoms with Crippen LogP contribution in [0.15, 0.2) is 48.5 Å². The van der Waals surface area contributed by atoms with Crippen LogP contribution in [-0.4, -0.2) is 35.2 Å². The number of nitrogens with one attached hydrogen (secondary N) is 1. The van der Waals surface area contributed by atoms with E-state index >= 15 is 0 Å². The molecular formula is C25H30Cl2N2O2. The van der Waals surface area contributed by atoms with Crippen molar-refractivity contribution >= 4 is 35.0 Å². The second-order valence-electron chi connectivity index (χ2n) is 8.22. The Labute approximate surface area is 194 Å². The summed E-state index contributed by atoms with van der Waals surface area (Å²) in [6.07, 6.45) is 5.96. The first-order valence-electron chi connectivity index (χ1n) is 11.0. The smallest absolute Gasteiger partial charge is 0.247 e. The monoisotopic (exact) mass is 460 g/mol. The van der Waals surface area contributed by atoms with Gasteiger partial charge in [0.2, 0.25) is 11.8 Å². The van der Waals surface area contributed by atoms with Crippen LogP contribution in [0.5, 0.6) is 0 Å². The van der Waals surface area contributed by atoms with Gasteiger partial charge >= 0.3 is 0 Å². The van der Waals surface area contributed by atoms with E-state index < -0.39 is 6.04 Å². The van der Waals surface area contributed by atoms with Crippen LogP contribution in [0.2, 0.25) is 5.02 Å². The highest BCUT2D eigenvalue weighted by Gasteiger charge is 2.32. The van der Waals surface area contributed by atoms with Gasteiger partial charge in [-0.15, -0.1) is 11.6 Å². The maximum absolute atomic E-state index is 13.5. The lowest BCUT2D eigenvalue weighted by molar-refractivity contribution is -0.139. The fourth-order valence-corrected chi connectivity index (χ4v) is 4.55. The van der Waals surface area contributed by atoms with Crippen molar-refractivity contribution in [2.24, 2.45) is 0 Å². The van der Waals surface area contributed by atoms with E-state index in [9.17, 15) is 9.59 Å². The Morgan fingerprint density at radius 1 is 1.06 bits per heavy atom. The lowest BCUT2D eigenvalue weighted by Gasteiger charge is -2.33. The molecule has 0 spiro atoms. The van der Waals surface area contributed by atoms with E-state index in [0.717, 1.165) is 42.4 Å². The minimum absolute atomic E-state index is 0.145. The van der Waals surface area contributed by atoms with Gasteiger partial charge in [0.15, 0.2) is 0 Å². The number of hydrogen-bond donors (Lipinski definition) is 1. The van der Waals surface area contributed by atoms with Crippen LogP contribution in [0.1, 0.15) is 54.8 Å². The van der Waals surface area contributed by atoms with Crippen molar-refractivity contribution in [3.05, 3.63) is 70.2 Å². The van der Waals surface area contributed by atoms with Crippen LogP contribution in [0.25, 0.3) is 0 Å². The van der Waals surface area contributed by atoms with Gasteiger partial charge in [-0.1, -0.05) is 78.9 Å². The fraction of sp³-hybridized carbons (Fsp3) is 0.440. The number of halogens is 2. The zero-order chi connectivity index (χ0) is 22.2. The van der Waals surface area contributed by atoms with Gasteiger partial charge in [-0.3, -0.25) is 9.59 Å². The number of alkyl halides is 1. The second kappa shape index (κ2) is 11.5. The van der Waals surface area contributed by atoms with Gasteiger partial charge in [0.05, 0.1) is 0 Å². The van der Waals surface area contributed by atoms with Crippen LogP contribution < -0.4 is 5.32 Å². The molecule has 2 aromatic carbocycles. The highest BCUT2D eigenvalue weighted by atomic mass is 35.5. The van der Waals surface area contributed by atoms with Crippen LogP contribution in [0.3, 0.4) is 0 Å². The largest absolute Gasteiger partial charge is 0.351 e. The van der Waals surface area contributed by atoms with Gasteiger partial charge in [-0.2, -0.15) is 0 Å². The predicted octanol–water partition coefficient (Wildman–Crippen LogP) is 5.45. The Balaban J connectivity index is 1.88. The Kier molecular flexibility index (Phi) is 8.79. The summed E-state index contributed by atoms with van der Waals surface area (Å²) in [5, 5.41) is 3.85. The van der Waals surface area contributed by atoms with E-state index in [1.165, 1.54) is 6.42 Å². The third-order valence-corrected chi connectivity index (χ3v) is 6.52. The average molecular weight is 461 g/mol. The molecular weight excluding hydrogens is 431 g/mol. The van der Waals surface area contributed by atoms with E-state index in [1.807, 2.05) is 55.5 Å². The first-order valence-corrected chi connectivity index (χ1v) is 11.9. The SMILES string of the molecule is Cc1ccc([C@H](C(=O)NC2CCCCC2)N(CCc2ccccc2Cl)C(=O)CCl)cc1. The molecule has 1 aliphatic rings. The highest BCUT2D eigenvalue weighted by Crippen LogP contribution is 2.26. The number of amides is 2. The van der Waals surface area contributed by atoms with Crippen molar-refractivity contribution in [3.8, 4) is 0 Å². The quantitative estimate of drug-likeness (QED) is 0.532. The summed E-state index contributed by atoms with van der Waals surface area (Å²) in [6, 6.07) is 14.8. The first-order chi connectivity index (χ1) is 15.0. The van der Waals surface area contributed by atoms with Crippen molar-refractivity contribution in [3.63, 3.8) is 0 Å². The Bertz CT molecular complexity index is 879. The molecule has 0 aliphatic heterocycles. The maximum Gasteiger partial charge on any atom is 0.247 e. The third kappa shape index (κ3) is 6.47. The lowest BCUT2D eigenvalue weighted by atomic mass is 9.94. The molecule has 1 aliphatic carbocycles. The van der Waals surface area contributed by atoms with Gasteiger partial charge in [-0.25, -0.2) is 0 Å². The number of nitrogens with zero attached hydrogens (tertiary/aromatic N) is 1. The molecule has 1 atom stereocenters. The topological polar surface area (TPSA) is 49.4 Å². The summed E-state index contributed by atoms with van der Waals surface area (Å²) >= 11 is 12.3. The predicted molar refractivity (Wildman–Crippen MR) is 127 cm³/mol. The number of carbonyl (C=O) groups is 2. The summed E-state index contributed by atoms with van der Waals surface area (Å²) in [6.45, 7) is 2.35. The van der Waals surface area contributed by atoms with Gasteiger partial charge in [0.1, 0.15) is 11.9 Å². The summed E-state index contributed by atoms with van der Waals surface area (Å²) in [4.78, 5) is 27.9. The van der Waals surface area contributed by atoms with Gasteiger partial charge < -0.3 is 10.2 Å². The van der Waals surface area contributed by atoms with Crippen LogP contribution >= 0.6 is 23.2 Å². The maximum atomic E-state index is 13.5. The molecule has 4 nitrogen and oxygen atoms in total.